The lowest BCUT2D eigenvalue weighted by molar-refractivity contribution is -0.386. The first-order chi connectivity index (χ1) is 12.9. The van der Waals surface area contributed by atoms with Crippen LogP contribution >= 0.6 is 0 Å². The van der Waals surface area contributed by atoms with Gasteiger partial charge in [-0.3, -0.25) is 24.5 Å². The number of amides is 1. The average molecular weight is 371 g/mol. The van der Waals surface area contributed by atoms with E-state index in [1.54, 1.807) is 13.8 Å². The van der Waals surface area contributed by atoms with Crippen LogP contribution < -0.4 is 0 Å². The smallest absolute Gasteiger partial charge is 0.312 e. The van der Waals surface area contributed by atoms with Gasteiger partial charge in [0.25, 0.3) is 0 Å². The van der Waals surface area contributed by atoms with Crippen molar-refractivity contribution in [2.24, 2.45) is 0 Å². The lowest BCUT2D eigenvalue weighted by Gasteiger charge is -2.38. The van der Waals surface area contributed by atoms with Gasteiger partial charge in [0.1, 0.15) is 17.9 Å². The number of hydrogen-bond donors (Lipinski definition) is 0. The zero-order valence-electron chi connectivity index (χ0n) is 16.0. The third-order valence-electron chi connectivity index (χ3n) is 5.31. The molecule has 144 valence electrons. The highest BCUT2D eigenvalue weighted by Gasteiger charge is 2.27. The first-order valence-electron chi connectivity index (χ1n) is 9.13. The Bertz CT molecular complexity index is 825. The molecule has 1 unspecified atom stereocenters. The van der Waals surface area contributed by atoms with E-state index in [0.717, 1.165) is 13.1 Å². The summed E-state index contributed by atoms with van der Waals surface area (Å²) in [5.41, 5.74) is 2.02. The second-order valence-electron chi connectivity index (χ2n) is 6.94. The van der Waals surface area contributed by atoms with Gasteiger partial charge in [-0.2, -0.15) is 5.10 Å². The molecule has 1 fully saturated rings. The van der Waals surface area contributed by atoms with Gasteiger partial charge in [-0.25, -0.2) is 0 Å². The van der Waals surface area contributed by atoms with E-state index in [1.807, 2.05) is 23.1 Å². The van der Waals surface area contributed by atoms with Crippen LogP contribution in [0.3, 0.4) is 0 Å². The van der Waals surface area contributed by atoms with Crippen LogP contribution in [0.1, 0.15) is 29.9 Å². The van der Waals surface area contributed by atoms with E-state index in [9.17, 15) is 14.9 Å². The first kappa shape index (κ1) is 19.0. The van der Waals surface area contributed by atoms with Crippen molar-refractivity contribution in [2.75, 3.05) is 26.2 Å². The number of hydrogen-bond acceptors (Lipinski definition) is 5. The molecule has 0 N–H and O–H groups in total. The molecular weight excluding hydrogens is 346 g/mol. The van der Waals surface area contributed by atoms with Crippen LogP contribution in [0.25, 0.3) is 0 Å². The minimum Gasteiger partial charge on any atom is -0.339 e. The number of benzene rings is 1. The number of carbonyl (C=O) groups is 1. The van der Waals surface area contributed by atoms with Crippen molar-refractivity contribution >= 4 is 11.6 Å². The summed E-state index contributed by atoms with van der Waals surface area (Å²) in [4.78, 5) is 27.5. The Morgan fingerprint density at radius 1 is 1.19 bits per heavy atom. The molecule has 1 aliphatic rings. The van der Waals surface area contributed by atoms with Crippen LogP contribution in [0.15, 0.2) is 30.3 Å². The van der Waals surface area contributed by atoms with Crippen molar-refractivity contribution in [3.05, 3.63) is 57.4 Å². The van der Waals surface area contributed by atoms with E-state index in [0.29, 0.717) is 30.5 Å². The number of piperazine rings is 1. The van der Waals surface area contributed by atoms with Gasteiger partial charge in [0, 0.05) is 32.2 Å². The number of nitrogens with zero attached hydrogens (tertiary/aromatic N) is 5. The molecule has 0 bridgehead atoms. The fourth-order valence-corrected chi connectivity index (χ4v) is 3.63. The van der Waals surface area contributed by atoms with E-state index in [-0.39, 0.29) is 18.1 Å². The van der Waals surface area contributed by atoms with Crippen LogP contribution in [-0.2, 0) is 11.3 Å². The van der Waals surface area contributed by atoms with Crippen molar-refractivity contribution in [3.8, 4) is 0 Å². The highest BCUT2D eigenvalue weighted by Crippen LogP contribution is 2.23. The van der Waals surface area contributed by atoms with Gasteiger partial charge in [-0.05, 0) is 26.3 Å². The molecule has 27 heavy (non-hydrogen) atoms. The summed E-state index contributed by atoms with van der Waals surface area (Å²) >= 11 is 0. The predicted molar refractivity (Wildman–Crippen MR) is 101 cm³/mol. The average Bonchev–Trinajstić information content (AvgIpc) is 2.95. The Hall–Kier alpha value is -2.74. The van der Waals surface area contributed by atoms with E-state index < -0.39 is 4.92 Å². The summed E-state index contributed by atoms with van der Waals surface area (Å²) in [6.45, 7) is 8.35. The summed E-state index contributed by atoms with van der Waals surface area (Å²) < 4.78 is 1.44. The van der Waals surface area contributed by atoms with Gasteiger partial charge in [0.2, 0.25) is 5.91 Å². The molecule has 1 atom stereocenters. The van der Waals surface area contributed by atoms with E-state index in [2.05, 4.69) is 29.1 Å². The Kier molecular flexibility index (Phi) is 5.55. The molecular formula is C19H25N5O3. The number of aromatic nitrogens is 2. The molecule has 3 rings (SSSR count). The van der Waals surface area contributed by atoms with E-state index in [1.165, 1.54) is 10.2 Å². The maximum absolute atomic E-state index is 12.6. The predicted octanol–water partition coefficient (Wildman–Crippen LogP) is 2.31. The molecule has 0 radical (unpaired) electrons. The number of carbonyl (C=O) groups excluding carboxylic acids is 1. The first-order valence-corrected chi connectivity index (χ1v) is 9.13. The molecule has 1 aromatic heterocycles. The summed E-state index contributed by atoms with van der Waals surface area (Å²) in [7, 11) is 0. The van der Waals surface area contributed by atoms with Crippen LogP contribution in [0.5, 0.6) is 0 Å². The largest absolute Gasteiger partial charge is 0.339 e. The van der Waals surface area contributed by atoms with Gasteiger partial charge in [-0.1, -0.05) is 30.3 Å². The summed E-state index contributed by atoms with van der Waals surface area (Å²) in [6.07, 6.45) is 0. The minimum absolute atomic E-state index is 0.00990. The maximum Gasteiger partial charge on any atom is 0.312 e. The third kappa shape index (κ3) is 4.00. The van der Waals surface area contributed by atoms with Crippen LogP contribution in [0.4, 0.5) is 5.69 Å². The van der Waals surface area contributed by atoms with Crippen LogP contribution in [0, 0.1) is 24.0 Å². The summed E-state index contributed by atoms with van der Waals surface area (Å²) in [5, 5.41) is 15.3. The standard InChI is InChI=1S/C19H25N5O3/c1-14-19(24(26)27)16(3)23(20-14)13-18(25)22-11-9-21(10-12-22)15(2)17-7-5-4-6-8-17/h4-8,15H,9-13H2,1-3H3. The second kappa shape index (κ2) is 7.87. The molecule has 1 aromatic carbocycles. The lowest BCUT2D eigenvalue weighted by Crippen LogP contribution is -2.50. The minimum atomic E-state index is -0.442. The molecule has 8 nitrogen and oxygen atoms in total. The second-order valence-corrected chi connectivity index (χ2v) is 6.94. The van der Waals surface area contributed by atoms with Gasteiger partial charge in [0.05, 0.1) is 4.92 Å². The highest BCUT2D eigenvalue weighted by atomic mass is 16.6. The molecule has 0 spiro atoms. The van der Waals surface area contributed by atoms with E-state index in [4.69, 9.17) is 0 Å². The van der Waals surface area contributed by atoms with Crippen LogP contribution in [-0.4, -0.2) is 56.6 Å². The van der Waals surface area contributed by atoms with Gasteiger partial charge in [0.15, 0.2) is 0 Å². The topological polar surface area (TPSA) is 84.5 Å². The molecule has 1 aliphatic heterocycles. The van der Waals surface area contributed by atoms with Crippen molar-refractivity contribution in [2.45, 2.75) is 33.4 Å². The monoisotopic (exact) mass is 371 g/mol. The van der Waals surface area contributed by atoms with Gasteiger partial charge < -0.3 is 4.90 Å². The quantitative estimate of drug-likeness (QED) is 0.595. The van der Waals surface area contributed by atoms with Crippen LogP contribution in [0.2, 0.25) is 0 Å². The Morgan fingerprint density at radius 2 is 1.81 bits per heavy atom. The zero-order chi connectivity index (χ0) is 19.6. The van der Waals surface area contributed by atoms with Gasteiger partial charge in [-0.15, -0.1) is 0 Å². The van der Waals surface area contributed by atoms with Crippen molar-refractivity contribution in [1.29, 1.82) is 0 Å². The fraction of sp³-hybridized carbons (Fsp3) is 0.474. The summed E-state index contributed by atoms with van der Waals surface area (Å²) in [6, 6.07) is 10.6. The zero-order valence-corrected chi connectivity index (χ0v) is 16.0. The molecule has 2 heterocycles. The summed E-state index contributed by atoms with van der Waals surface area (Å²) in [5.74, 6) is -0.0532. The van der Waals surface area contributed by atoms with Crippen molar-refractivity contribution < 1.29 is 9.72 Å². The third-order valence-corrected chi connectivity index (χ3v) is 5.31. The molecule has 2 aromatic rings. The maximum atomic E-state index is 12.6. The molecule has 1 saturated heterocycles. The Balaban J connectivity index is 1.59. The molecule has 1 amide bonds. The molecule has 0 aliphatic carbocycles. The Labute approximate surface area is 158 Å². The van der Waals surface area contributed by atoms with Gasteiger partial charge >= 0.3 is 5.69 Å². The highest BCUT2D eigenvalue weighted by molar-refractivity contribution is 5.76. The van der Waals surface area contributed by atoms with Crippen molar-refractivity contribution in [3.63, 3.8) is 0 Å². The SMILES string of the molecule is Cc1nn(CC(=O)N2CCN(C(C)c3ccccc3)CC2)c(C)c1[N+](=O)[O-]. The molecule has 8 heteroatoms. The van der Waals surface area contributed by atoms with Crippen molar-refractivity contribution in [1.82, 2.24) is 19.6 Å². The lowest BCUT2D eigenvalue weighted by atomic mass is 10.1. The number of rotatable bonds is 5. The Morgan fingerprint density at radius 3 is 2.37 bits per heavy atom. The number of nitro groups is 1. The number of aryl methyl sites for hydroxylation is 1. The van der Waals surface area contributed by atoms with E-state index >= 15 is 0 Å². The fourth-order valence-electron chi connectivity index (χ4n) is 3.63. The normalized spacial score (nSPS) is 16.3. The molecule has 0 saturated carbocycles.